The Balaban J connectivity index is 1.47. The molecule has 1 aromatic heterocycles. The normalized spacial score (nSPS) is 17.8. The number of esters is 1. The van der Waals surface area contributed by atoms with Gasteiger partial charge in [0.2, 0.25) is 0 Å². The van der Waals surface area contributed by atoms with E-state index >= 15 is 0 Å². The van der Waals surface area contributed by atoms with Crippen LogP contribution in [0, 0.1) is 5.92 Å². The second-order valence-electron chi connectivity index (χ2n) is 7.93. The molecule has 2 aliphatic heterocycles. The first kappa shape index (κ1) is 20.9. The molecule has 7 heteroatoms. The van der Waals surface area contributed by atoms with Crippen molar-refractivity contribution in [2.75, 3.05) is 50.9 Å². The van der Waals surface area contributed by atoms with Crippen molar-refractivity contribution in [3.05, 3.63) is 41.3 Å². The van der Waals surface area contributed by atoms with E-state index in [2.05, 4.69) is 11.8 Å². The van der Waals surface area contributed by atoms with Gasteiger partial charge in [0.05, 0.1) is 18.2 Å². The molecule has 160 valence electrons. The van der Waals surface area contributed by atoms with Crippen molar-refractivity contribution in [3.8, 4) is 11.1 Å². The van der Waals surface area contributed by atoms with Crippen molar-refractivity contribution in [2.24, 2.45) is 5.92 Å². The van der Waals surface area contributed by atoms with Crippen LogP contribution in [0.3, 0.4) is 0 Å². The minimum Gasteiger partial charge on any atom is -0.451 e. The summed E-state index contributed by atoms with van der Waals surface area (Å²) in [6.07, 6.45) is 2.02. The lowest BCUT2D eigenvalue weighted by molar-refractivity contribution is -0.135. The molecule has 0 atom stereocenters. The first-order valence-electron chi connectivity index (χ1n) is 10.6. The van der Waals surface area contributed by atoms with Gasteiger partial charge in [0.1, 0.15) is 4.88 Å². The third kappa shape index (κ3) is 4.84. The zero-order chi connectivity index (χ0) is 20.9. The van der Waals surface area contributed by atoms with Gasteiger partial charge in [0, 0.05) is 31.7 Å². The van der Waals surface area contributed by atoms with E-state index in [0.29, 0.717) is 24.0 Å². The van der Waals surface area contributed by atoms with Crippen LogP contribution >= 0.6 is 11.3 Å². The van der Waals surface area contributed by atoms with Gasteiger partial charge in [-0.25, -0.2) is 4.79 Å². The molecule has 0 N–H and O–H groups in total. The van der Waals surface area contributed by atoms with E-state index in [0.717, 1.165) is 55.1 Å². The fraction of sp³-hybridized carbons (Fsp3) is 0.478. The van der Waals surface area contributed by atoms with Crippen LogP contribution < -0.4 is 4.90 Å². The van der Waals surface area contributed by atoms with Gasteiger partial charge in [-0.3, -0.25) is 4.79 Å². The van der Waals surface area contributed by atoms with Crippen LogP contribution in [0.1, 0.15) is 29.4 Å². The summed E-state index contributed by atoms with van der Waals surface area (Å²) in [5.74, 6) is 0.108. The lowest BCUT2D eigenvalue weighted by Gasteiger charge is -2.30. The Bertz CT molecular complexity index is 869. The lowest BCUT2D eigenvalue weighted by Crippen LogP contribution is -2.40. The quantitative estimate of drug-likeness (QED) is 0.680. The largest absolute Gasteiger partial charge is 0.451 e. The highest BCUT2D eigenvalue weighted by Crippen LogP contribution is 2.39. The smallest absolute Gasteiger partial charge is 0.348 e. The van der Waals surface area contributed by atoms with E-state index < -0.39 is 5.97 Å². The van der Waals surface area contributed by atoms with Crippen LogP contribution in [0.5, 0.6) is 0 Å². The summed E-state index contributed by atoms with van der Waals surface area (Å²) >= 11 is 1.43. The van der Waals surface area contributed by atoms with Crippen LogP contribution in [0.2, 0.25) is 0 Å². The van der Waals surface area contributed by atoms with Crippen molar-refractivity contribution < 1.29 is 19.1 Å². The number of piperidine rings is 1. The van der Waals surface area contributed by atoms with Gasteiger partial charge in [0.15, 0.2) is 6.61 Å². The summed E-state index contributed by atoms with van der Waals surface area (Å²) in [5, 5.41) is 1.05. The Kier molecular flexibility index (Phi) is 6.69. The summed E-state index contributed by atoms with van der Waals surface area (Å²) in [6, 6.07) is 11.9. The average Bonchev–Trinajstić information content (AvgIpc) is 3.24. The summed E-state index contributed by atoms with van der Waals surface area (Å²) in [6.45, 7) is 6.44. The number of benzene rings is 1. The molecule has 0 unspecified atom stereocenters. The number of carbonyl (C=O) groups excluding carboxylic acids is 2. The number of nitrogens with zero attached hydrogens (tertiary/aromatic N) is 2. The molecule has 6 nitrogen and oxygen atoms in total. The molecule has 0 aliphatic carbocycles. The third-order valence-corrected chi connectivity index (χ3v) is 6.94. The maximum absolute atomic E-state index is 12.7. The van der Waals surface area contributed by atoms with Crippen LogP contribution in [0.4, 0.5) is 5.00 Å². The standard InChI is InChI=1S/C23H28N2O4S/c1-17-7-9-24(10-8-17)21(26)16-29-23(27)20-15-19(18-5-3-2-4-6-18)22(30-20)25-11-13-28-14-12-25/h2-6,15,17H,7-14,16H2,1H3. The third-order valence-electron chi connectivity index (χ3n) is 5.76. The number of thiophene rings is 1. The maximum atomic E-state index is 12.7. The lowest BCUT2D eigenvalue weighted by atomic mass is 9.99. The van der Waals surface area contributed by atoms with Crippen molar-refractivity contribution in [1.29, 1.82) is 0 Å². The van der Waals surface area contributed by atoms with Crippen LogP contribution in [-0.2, 0) is 14.3 Å². The Morgan fingerprint density at radius 3 is 2.50 bits per heavy atom. The fourth-order valence-electron chi connectivity index (χ4n) is 3.86. The molecular formula is C23H28N2O4S. The van der Waals surface area contributed by atoms with Gasteiger partial charge < -0.3 is 19.3 Å². The second kappa shape index (κ2) is 9.62. The first-order chi connectivity index (χ1) is 14.6. The van der Waals surface area contributed by atoms with Crippen LogP contribution in [0.25, 0.3) is 11.1 Å². The summed E-state index contributed by atoms with van der Waals surface area (Å²) in [7, 11) is 0. The highest BCUT2D eigenvalue weighted by molar-refractivity contribution is 7.18. The molecule has 2 saturated heterocycles. The van der Waals surface area contributed by atoms with E-state index in [1.165, 1.54) is 11.3 Å². The minimum atomic E-state index is -0.435. The number of ether oxygens (including phenoxy) is 2. The van der Waals surface area contributed by atoms with Gasteiger partial charge in [-0.1, -0.05) is 37.3 Å². The summed E-state index contributed by atoms with van der Waals surface area (Å²) in [4.78, 5) is 29.7. The topological polar surface area (TPSA) is 59.1 Å². The SMILES string of the molecule is CC1CCN(C(=O)COC(=O)c2cc(-c3ccccc3)c(N3CCOCC3)s2)CC1. The minimum absolute atomic E-state index is 0.108. The van der Waals surface area contributed by atoms with Crippen molar-refractivity contribution in [3.63, 3.8) is 0 Å². The van der Waals surface area contributed by atoms with Gasteiger partial charge in [-0.15, -0.1) is 11.3 Å². The molecule has 0 radical (unpaired) electrons. The number of carbonyl (C=O) groups is 2. The van der Waals surface area contributed by atoms with Gasteiger partial charge in [-0.2, -0.15) is 0 Å². The molecule has 3 heterocycles. The van der Waals surface area contributed by atoms with Crippen molar-refractivity contribution in [2.45, 2.75) is 19.8 Å². The predicted octanol–water partition coefficient (Wildman–Crippen LogP) is 3.67. The number of hydrogen-bond acceptors (Lipinski definition) is 6. The predicted molar refractivity (Wildman–Crippen MR) is 118 cm³/mol. The molecule has 2 aromatic rings. The molecule has 0 bridgehead atoms. The average molecular weight is 429 g/mol. The van der Waals surface area contributed by atoms with E-state index in [1.54, 1.807) is 4.90 Å². The van der Waals surface area contributed by atoms with E-state index in [1.807, 2.05) is 36.4 Å². The highest BCUT2D eigenvalue weighted by atomic mass is 32.1. The molecule has 1 aromatic carbocycles. The summed E-state index contributed by atoms with van der Waals surface area (Å²) in [5.41, 5.74) is 2.08. The second-order valence-corrected chi connectivity index (χ2v) is 8.97. The van der Waals surface area contributed by atoms with Crippen LogP contribution in [-0.4, -0.2) is 62.8 Å². The Morgan fingerprint density at radius 1 is 1.10 bits per heavy atom. The Hall–Kier alpha value is -2.38. The summed E-state index contributed by atoms with van der Waals surface area (Å²) < 4.78 is 10.9. The molecule has 0 saturated carbocycles. The van der Waals surface area contributed by atoms with E-state index in [9.17, 15) is 9.59 Å². The number of hydrogen-bond donors (Lipinski definition) is 0. The van der Waals surface area contributed by atoms with Crippen LogP contribution in [0.15, 0.2) is 36.4 Å². The molecular weight excluding hydrogens is 400 g/mol. The van der Waals surface area contributed by atoms with E-state index in [4.69, 9.17) is 9.47 Å². The maximum Gasteiger partial charge on any atom is 0.348 e. The number of likely N-dealkylation sites (tertiary alicyclic amines) is 1. The van der Waals surface area contributed by atoms with Gasteiger partial charge in [-0.05, 0) is 30.4 Å². The zero-order valence-corrected chi connectivity index (χ0v) is 18.2. The van der Waals surface area contributed by atoms with Crippen molar-refractivity contribution in [1.82, 2.24) is 4.90 Å². The molecule has 4 rings (SSSR count). The number of rotatable bonds is 5. The molecule has 2 aliphatic rings. The van der Waals surface area contributed by atoms with E-state index in [-0.39, 0.29) is 12.5 Å². The molecule has 2 fully saturated rings. The monoisotopic (exact) mass is 428 g/mol. The van der Waals surface area contributed by atoms with Crippen molar-refractivity contribution >= 4 is 28.2 Å². The fourth-order valence-corrected chi connectivity index (χ4v) is 4.98. The first-order valence-corrected chi connectivity index (χ1v) is 11.4. The number of anilines is 1. The van der Waals surface area contributed by atoms with Gasteiger partial charge >= 0.3 is 5.97 Å². The number of morpholine rings is 1. The zero-order valence-electron chi connectivity index (χ0n) is 17.3. The number of amides is 1. The Morgan fingerprint density at radius 2 is 1.80 bits per heavy atom. The molecule has 0 spiro atoms. The molecule has 30 heavy (non-hydrogen) atoms. The van der Waals surface area contributed by atoms with Gasteiger partial charge in [0.25, 0.3) is 5.91 Å². The molecule has 1 amide bonds. The Labute approximate surface area is 181 Å². The highest BCUT2D eigenvalue weighted by Gasteiger charge is 2.25.